The van der Waals surface area contributed by atoms with Crippen LogP contribution in [0.1, 0.15) is 30.6 Å². The number of methoxy groups -OCH3 is 1. The molecule has 2 fully saturated rings. The van der Waals surface area contributed by atoms with Gasteiger partial charge in [-0.2, -0.15) is 0 Å². The zero-order chi connectivity index (χ0) is 21.7. The molecule has 3 rings (SSSR count). The standard InChI is InChI=1S/C22H32N4O4/c1-16(2)15-26-9-8-23-21(28)19(26)14-20(27)25-12-10-24(11-13-25)18-6-4-17(5-7-18)22(29)30-3/h4-7,16,19H,8-15H2,1-3H3,(H,23,28). The lowest BCUT2D eigenvalue weighted by Crippen LogP contribution is -2.58. The molecule has 0 saturated carbocycles. The Morgan fingerprint density at radius 3 is 2.37 bits per heavy atom. The van der Waals surface area contributed by atoms with Crippen molar-refractivity contribution in [1.82, 2.24) is 15.1 Å². The number of piperazine rings is 2. The van der Waals surface area contributed by atoms with E-state index in [4.69, 9.17) is 4.74 Å². The van der Waals surface area contributed by atoms with Gasteiger partial charge in [0.1, 0.15) is 0 Å². The predicted octanol–water partition coefficient (Wildman–Crippen LogP) is 0.968. The van der Waals surface area contributed by atoms with Crippen molar-refractivity contribution in [3.8, 4) is 0 Å². The summed E-state index contributed by atoms with van der Waals surface area (Å²) in [6.07, 6.45) is 0.229. The Morgan fingerprint density at radius 2 is 1.77 bits per heavy atom. The number of nitrogens with one attached hydrogen (secondary N) is 1. The first-order chi connectivity index (χ1) is 14.4. The molecule has 2 amide bonds. The van der Waals surface area contributed by atoms with Crippen LogP contribution in [0.4, 0.5) is 5.69 Å². The average Bonchev–Trinajstić information content (AvgIpc) is 2.75. The third-order valence-corrected chi connectivity index (χ3v) is 5.70. The van der Waals surface area contributed by atoms with Crippen molar-refractivity contribution in [1.29, 1.82) is 0 Å². The Morgan fingerprint density at radius 1 is 1.10 bits per heavy atom. The highest BCUT2D eigenvalue weighted by Crippen LogP contribution is 2.19. The normalized spacial score (nSPS) is 20.3. The topological polar surface area (TPSA) is 82.2 Å². The van der Waals surface area contributed by atoms with Gasteiger partial charge in [-0.15, -0.1) is 0 Å². The van der Waals surface area contributed by atoms with Gasteiger partial charge in [-0.05, 0) is 30.2 Å². The second kappa shape index (κ2) is 9.93. The molecular formula is C22H32N4O4. The lowest BCUT2D eigenvalue weighted by molar-refractivity contribution is -0.139. The van der Waals surface area contributed by atoms with Crippen molar-refractivity contribution < 1.29 is 19.1 Å². The van der Waals surface area contributed by atoms with Gasteiger partial charge >= 0.3 is 5.97 Å². The molecule has 0 bridgehead atoms. The first-order valence-corrected chi connectivity index (χ1v) is 10.6. The van der Waals surface area contributed by atoms with E-state index in [1.807, 2.05) is 17.0 Å². The van der Waals surface area contributed by atoms with E-state index >= 15 is 0 Å². The van der Waals surface area contributed by atoms with E-state index in [0.29, 0.717) is 31.1 Å². The number of hydrogen-bond acceptors (Lipinski definition) is 6. The van der Waals surface area contributed by atoms with Crippen LogP contribution in [0.25, 0.3) is 0 Å². The van der Waals surface area contributed by atoms with Crippen LogP contribution in [0, 0.1) is 5.92 Å². The maximum absolute atomic E-state index is 12.9. The van der Waals surface area contributed by atoms with Crippen LogP contribution in [0.5, 0.6) is 0 Å². The smallest absolute Gasteiger partial charge is 0.337 e. The zero-order valence-corrected chi connectivity index (χ0v) is 18.1. The van der Waals surface area contributed by atoms with E-state index in [2.05, 4.69) is 29.0 Å². The monoisotopic (exact) mass is 416 g/mol. The number of benzene rings is 1. The Labute approximate surface area is 178 Å². The van der Waals surface area contributed by atoms with Gasteiger partial charge in [0, 0.05) is 51.5 Å². The van der Waals surface area contributed by atoms with Crippen molar-refractivity contribution in [2.45, 2.75) is 26.3 Å². The number of amides is 2. The largest absolute Gasteiger partial charge is 0.465 e. The molecule has 2 heterocycles. The molecule has 2 saturated heterocycles. The van der Waals surface area contributed by atoms with Crippen molar-refractivity contribution in [3.63, 3.8) is 0 Å². The molecule has 8 nitrogen and oxygen atoms in total. The molecule has 0 aliphatic carbocycles. The number of hydrogen-bond donors (Lipinski definition) is 1. The number of anilines is 1. The molecular weight excluding hydrogens is 384 g/mol. The summed E-state index contributed by atoms with van der Waals surface area (Å²) in [5, 5.41) is 2.90. The lowest BCUT2D eigenvalue weighted by Gasteiger charge is -2.39. The van der Waals surface area contributed by atoms with Crippen molar-refractivity contribution in [2.75, 3.05) is 57.8 Å². The molecule has 1 unspecified atom stereocenters. The van der Waals surface area contributed by atoms with Crippen LogP contribution < -0.4 is 10.2 Å². The highest BCUT2D eigenvalue weighted by atomic mass is 16.5. The molecule has 0 spiro atoms. The number of carbonyl (C=O) groups excluding carboxylic acids is 3. The molecule has 30 heavy (non-hydrogen) atoms. The van der Waals surface area contributed by atoms with Crippen LogP contribution in [-0.4, -0.2) is 86.5 Å². The van der Waals surface area contributed by atoms with Gasteiger partial charge in [-0.25, -0.2) is 4.79 Å². The van der Waals surface area contributed by atoms with Gasteiger partial charge in [0.2, 0.25) is 11.8 Å². The fourth-order valence-electron chi connectivity index (χ4n) is 4.11. The molecule has 1 aromatic carbocycles. The molecule has 1 N–H and O–H groups in total. The third kappa shape index (κ3) is 5.30. The number of nitrogens with zero attached hydrogens (tertiary/aromatic N) is 3. The van der Waals surface area contributed by atoms with Crippen LogP contribution in [0.3, 0.4) is 0 Å². The molecule has 1 aromatic rings. The van der Waals surface area contributed by atoms with E-state index in [1.165, 1.54) is 7.11 Å². The van der Waals surface area contributed by atoms with E-state index < -0.39 is 0 Å². The number of esters is 1. The minimum atomic E-state index is -0.377. The summed E-state index contributed by atoms with van der Waals surface area (Å²) in [7, 11) is 1.37. The number of rotatable bonds is 6. The average molecular weight is 417 g/mol. The fourth-order valence-corrected chi connectivity index (χ4v) is 4.11. The van der Waals surface area contributed by atoms with Gasteiger partial charge in [-0.1, -0.05) is 13.8 Å². The van der Waals surface area contributed by atoms with Crippen molar-refractivity contribution in [3.05, 3.63) is 29.8 Å². The molecule has 2 aliphatic rings. The molecule has 0 radical (unpaired) electrons. The van der Waals surface area contributed by atoms with Gasteiger partial charge in [0.15, 0.2) is 0 Å². The molecule has 1 atom stereocenters. The SMILES string of the molecule is COC(=O)c1ccc(N2CCN(C(=O)CC3C(=O)NCCN3CC(C)C)CC2)cc1. The van der Waals surface area contributed by atoms with Gasteiger partial charge < -0.3 is 19.9 Å². The molecule has 2 aliphatic heterocycles. The first-order valence-electron chi connectivity index (χ1n) is 10.6. The second-order valence-corrected chi connectivity index (χ2v) is 8.31. The van der Waals surface area contributed by atoms with E-state index in [1.54, 1.807) is 12.1 Å². The highest BCUT2D eigenvalue weighted by molar-refractivity contribution is 5.90. The summed E-state index contributed by atoms with van der Waals surface area (Å²) in [6, 6.07) is 6.94. The van der Waals surface area contributed by atoms with Gasteiger partial charge in [0.05, 0.1) is 25.1 Å². The summed E-state index contributed by atoms with van der Waals surface area (Å²) >= 11 is 0. The Bertz CT molecular complexity index is 757. The first kappa shape index (κ1) is 22.1. The van der Waals surface area contributed by atoms with E-state index in [0.717, 1.165) is 31.9 Å². The number of carbonyl (C=O) groups is 3. The summed E-state index contributed by atoms with van der Waals surface area (Å²) < 4.78 is 4.73. The minimum absolute atomic E-state index is 0.0338. The highest BCUT2D eigenvalue weighted by Gasteiger charge is 2.33. The zero-order valence-electron chi connectivity index (χ0n) is 18.1. The van der Waals surface area contributed by atoms with Crippen LogP contribution in [-0.2, 0) is 14.3 Å². The van der Waals surface area contributed by atoms with Crippen molar-refractivity contribution >= 4 is 23.5 Å². The minimum Gasteiger partial charge on any atom is -0.465 e. The maximum Gasteiger partial charge on any atom is 0.337 e. The van der Waals surface area contributed by atoms with E-state index in [9.17, 15) is 14.4 Å². The second-order valence-electron chi connectivity index (χ2n) is 8.31. The Balaban J connectivity index is 1.54. The Kier molecular flexibility index (Phi) is 7.31. The van der Waals surface area contributed by atoms with Crippen LogP contribution in [0.2, 0.25) is 0 Å². The summed E-state index contributed by atoms with van der Waals surface area (Å²) in [6.45, 7) is 9.18. The number of ether oxygens (including phenoxy) is 1. The summed E-state index contributed by atoms with van der Waals surface area (Å²) in [5.41, 5.74) is 1.54. The van der Waals surface area contributed by atoms with Crippen molar-refractivity contribution in [2.24, 2.45) is 5.92 Å². The van der Waals surface area contributed by atoms with Gasteiger partial charge in [-0.3, -0.25) is 14.5 Å². The lowest BCUT2D eigenvalue weighted by atomic mass is 10.0. The maximum atomic E-state index is 12.9. The molecule has 164 valence electrons. The molecule has 0 aromatic heterocycles. The van der Waals surface area contributed by atoms with Crippen LogP contribution >= 0.6 is 0 Å². The van der Waals surface area contributed by atoms with Crippen LogP contribution in [0.15, 0.2) is 24.3 Å². The summed E-state index contributed by atoms with van der Waals surface area (Å²) in [4.78, 5) is 43.0. The van der Waals surface area contributed by atoms with Gasteiger partial charge in [0.25, 0.3) is 0 Å². The fraction of sp³-hybridized carbons (Fsp3) is 0.591. The molecule has 8 heteroatoms. The predicted molar refractivity (Wildman–Crippen MR) is 114 cm³/mol. The quantitative estimate of drug-likeness (QED) is 0.696. The third-order valence-electron chi connectivity index (χ3n) is 5.70. The summed E-state index contributed by atoms with van der Waals surface area (Å²) in [5.74, 6) is 0.0870. The Hall–Kier alpha value is -2.61. The van der Waals surface area contributed by atoms with E-state index in [-0.39, 0.29) is 30.2 Å².